The Morgan fingerprint density at radius 1 is 1.39 bits per heavy atom. The predicted octanol–water partition coefficient (Wildman–Crippen LogP) is 1.34. The molecule has 2 aliphatic heterocycles. The third-order valence-corrected chi connectivity index (χ3v) is 5.92. The number of primary amides is 1. The molecule has 1 aromatic carbocycles. The second kappa shape index (κ2) is 8.05. The summed E-state index contributed by atoms with van der Waals surface area (Å²) >= 11 is 3.15. The summed E-state index contributed by atoms with van der Waals surface area (Å²) in [5.41, 5.74) is 8.71. The Labute approximate surface area is 144 Å². The molecule has 0 spiro atoms. The second-order valence-corrected chi connectivity index (χ2v) is 7.19. The van der Waals surface area contributed by atoms with E-state index in [9.17, 15) is 4.79 Å². The smallest absolute Gasteiger partial charge is 0.237 e. The first-order chi connectivity index (χ1) is 11.3. The van der Waals surface area contributed by atoms with E-state index in [2.05, 4.69) is 22.1 Å². The van der Waals surface area contributed by atoms with Gasteiger partial charge in [-0.25, -0.2) is 4.41 Å². The highest BCUT2D eigenvalue weighted by Gasteiger charge is 2.39. The van der Waals surface area contributed by atoms with Gasteiger partial charge in [0.2, 0.25) is 5.91 Å². The number of benzene rings is 1. The van der Waals surface area contributed by atoms with Crippen molar-refractivity contribution in [1.29, 1.82) is 0 Å². The number of morpholine rings is 1. The highest BCUT2D eigenvalue weighted by Crippen LogP contribution is 2.34. The van der Waals surface area contributed by atoms with Crippen molar-refractivity contribution in [2.24, 2.45) is 10.8 Å². The maximum absolute atomic E-state index is 12.0. The van der Waals surface area contributed by atoms with Gasteiger partial charge >= 0.3 is 0 Å². The van der Waals surface area contributed by atoms with E-state index < -0.39 is 0 Å². The van der Waals surface area contributed by atoms with Gasteiger partial charge in [-0.15, -0.1) is 0 Å². The average Bonchev–Trinajstić information content (AvgIpc) is 3.03. The fourth-order valence-electron chi connectivity index (χ4n) is 2.63. The summed E-state index contributed by atoms with van der Waals surface area (Å²) in [5.74, 6) is 0.504. The lowest BCUT2D eigenvalue weighted by Crippen LogP contribution is -2.56. The SMILES string of the molecule is NC(=O)C(C1SC=NN1SCc1ccccc1)N1CCOCC1. The number of nitrogens with two attached hydrogens (primary N) is 1. The van der Waals surface area contributed by atoms with Crippen LogP contribution in [0.1, 0.15) is 5.56 Å². The van der Waals surface area contributed by atoms with Crippen molar-refractivity contribution in [3.8, 4) is 0 Å². The van der Waals surface area contributed by atoms with E-state index in [1.807, 2.05) is 22.6 Å². The summed E-state index contributed by atoms with van der Waals surface area (Å²) in [6.07, 6.45) is 0. The Morgan fingerprint density at radius 2 is 2.13 bits per heavy atom. The third kappa shape index (κ3) is 4.20. The summed E-state index contributed by atoms with van der Waals surface area (Å²) in [5, 5.41) is 4.30. The number of rotatable bonds is 6. The van der Waals surface area contributed by atoms with Gasteiger partial charge in [-0.3, -0.25) is 9.69 Å². The van der Waals surface area contributed by atoms with Crippen LogP contribution < -0.4 is 5.73 Å². The van der Waals surface area contributed by atoms with Crippen LogP contribution in [0.25, 0.3) is 0 Å². The molecule has 8 heteroatoms. The topological polar surface area (TPSA) is 71.2 Å². The summed E-state index contributed by atoms with van der Waals surface area (Å²) in [4.78, 5) is 14.1. The highest BCUT2D eigenvalue weighted by atomic mass is 32.2. The minimum absolute atomic E-state index is 0.0979. The van der Waals surface area contributed by atoms with Crippen molar-refractivity contribution in [3.63, 3.8) is 0 Å². The molecule has 1 amide bonds. The van der Waals surface area contributed by atoms with E-state index in [-0.39, 0.29) is 17.3 Å². The molecule has 3 rings (SSSR count). The fraction of sp³-hybridized carbons (Fsp3) is 0.467. The van der Waals surface area contributed by atoms with Gasteiger partial charge in [-0.2, -0.15) is 5.10 Å². The zero-order valence-corrected chi connectivity index (χ0v) is 14.3. The van der Waals surface area contributed by atoms with Gasteiger partial charge in [-0.1, -0.05) is 42.1 Å². The quantitative estimate of drug-likeness (QED) is 0.779. The maximum Gasteiger partial charge on any atom is 0.237 e. The molecular weight excluding hydrogens is 332 g/mol. The largest absolute Gasteiger partial charge is 0.379 e. The fourth-order valence-corrected chi connectivity index (χ4v) is 4.76. The third-order valence-electron chi connectivity index (χ3n) is 3.79. The van der Waals surface area contributed by atoms with Crippen LogP contribution in [-0.4, -0.2) is 58.5 Å². The van der Waals surface area contributed by atoms with Crippen LogP contribution in [0.5, 0.6) is 0 Å². The molecule has 2 unspecified atom stereocenters. The monoisotopic (exact) mass is 352 g/mol. The molecule has 23 heavy (non-hydrogen) atoms. The summed E-state index contributed by atoms with van der Waals surface area (Å²) in [6, 6.07) is 9.85. The van der Waals surface area contributed by atoms with Crippen LogP contribution in [0.4, 0.5) is 0 Å². The van der Waals surface area contributed by atoms with Gasteiger partial charge in [-0.05, 0) is 17.5 Å². The Kier molecular flexibility index (Phi) is 5.82. The molecule has 0 radical (unpaired) electrons. The van der Waals surface area contributed by atoms with E-state index in [0.717, 1.165) is 18.8 Å². The minimum Gasteiger partial charge on any atom is -0.379 e. The Bertz CT molecular complexity index is 552. The van der Waals surface area contributed by atoms with Crippen LogP contribution in [0.2, 0.25) is 0 Å². The van der Waals surface area contributed by atoms with Crippen molar-refractivity contribution in [2.45, 2.75) is 17.2 Å². The van der Waals surface area contributed by atoms with Gasteiger partial charge in [0.25, 0.3) is 0 Å². The second-order valence-electron chi connectivity index (χ2n) is 5.30. The molecule has 1 fully saturated rings. The van der Waals surface area contributed by atoms with Crippen molar-refractivity contribution >= 4 is 35.2 Å². The molecule has 0 saturated carbocycles. The maximum atomic E-state index is 12.0. The first kappa shape index (κ1) is 16.6. The van der Waals surface area contributed by atoms with Crippen molar-refractivity contribution in [3.05, 3.63) is 35.9 Å². The van der Waals surface area contributed by atoms with Gasteiger partial charge in [0, 0.05) is 18.8 Å². The number of amides is 1. The van der Waals surface area contributed by atoms with E-state index in [1.165, 1.54) is 5.56 Å². The molecule has 2 N–H and O–H groups in total. The molecule has 2 atom stereocenters. The predicted molar refractivity (Wildman–Crippen MR) is 94.8 cm³/mol. The van der Waals surface area contributed by atoms with Crippen LogP contribution in [0, 0.1) is 0 Å². The van der Waals surface area contributed by atoms with Crippen LogP contribution in [-0.2, 0) is 15.3 Å². The van der Waals surface area contributed by atoms with E-state index >= 15 is 0 Å². The molecule has 6 nitrogen and oxygen atoms in total. The number of hydrogen-bond donors (Lipinski definition) is 1. The zero-order chi connectivity index (χ0) is 16.1. The first-order valence-corrected chi connectivity index (χ1v) is 9.39. The van der Waals surface area contributed by atoms with Crippen molar-refractivity contribution in [2.75, 3.05) is 26.3 Å². The molecule has 0 aliphatic carbocycles. The molecular formula is C15H20N4O2S2. The van der Waals surface area contributed by atoms with Crippen LogP contribution in [0.15, 0.2) is 35.4 Å². The van der Waals surface area contributed by atoms with Crippen LogP contribution >= 0.6 is 23.7 Å². The highest BCUT2D eigenvalue weighted by molar-refractivity contribution is 8.13. The normalized spacial score (nSPS) is 23.1. The molecule has 0 bridgehead atoms. The number of nitrogens with zero attached hydrogens (tertiary/aromatic N) is 3. The van der Waals surface area contributed by atoms with Gasteiger partial charge in [0.15, 0.2) is 0 Å². The number of thioether (sulfide) groups is 1. The molecule has 2 aliphatic rings. The number of hydrazone groups is 1. The lowest BCUT2D eigenvalue weighted by Gasteiger charge is -2.37. The van der Waals surface area contributed by atoms with E-state index in [0.29, 0.717) is 13.2 Å². The number of carbonyl (C=O) groups is 1. The van der Waals surface area contributed by atoms with E-state index in [1.54, 1.807) is 29.3 Å². The minimum atomic E-state index is -0.366. The molecule has 124 valence electrons. The first-order valence-electron chi connectivity index (χ1n) is 7.51. The lowest BCUT2D eigenvalue weighted by molar-refractivity contribution is -0.125. The van der Waals surface area contributed by atoms with Gasteiger partial charge in [0.1, 0.15) is 11.4 Å². The number of carbonyl (C=O) groups excluding carboxylic acids is 1. The average molecular weight is 352 g/mol. The van der Waals surface area contributed by atoms with E-state index in [4.69, 9.17) is 10.5 Å². The summed E-state index contributed by atoms with van der Waals surface area (Å²) in [6.45, 7) is 2.72. The van der Waals surface area contributed by atoms with Crippen molar-refractivity contribution < 1.29 is 9.53 Å². The molecule has 0 aromatic heterocycles. The number of hydrogen-bond acceptors (Lipinski definition) is 7. The number of ether oxygens (including phenoxy) is 1. The molecule has 1 saturated heterocycles. The summed E-state index contributed by atoms with van der Waals surface area (Å²) < 4.78 is 7.28. The zero-order valence-electron chi connectivity index (χ0n) is 12.7. The molecule has 1 aromatic rings. The molecule has 2 heterocycles. The van der Waals surface area contributed by atoms with Gasteiger partial charge in [0.05, 0.1) is 18.8 Å². The van der Waals surface area contributed by atoms with Crippen molar-refractivity contribution in [1.82, 2.24) is 9.31 Å². The Hall–Kier alpha value is -1.22. The lowest BCUT2D eigenvalue weighted by atomic mass is 10.2. The standard InChI is InChI=1S/C15H20N4O2S2/c16-14(20)13(18-6-8-21-9-7-18)15-19(17-11-22-15)23-10-12-4-2-1-3-5-12/h1-5,11,13,15H,6-10H2,(H2,16,20). The Balaban J connectivity index is 1.65. The van der Waals surface area contributed by atoms with Crippen LogP contribution in [0.3, 0.4) is 0 Å². The summed E-state index contributed by atoms with van der Waals surface area (Å²) in [7, 11) is 0. The van der Waals surface area contributed by atoms with Gasteiger partial charge < -0.3 is 10.5 Å². The Morgan fingerprint density at radius 3 is 2.83 bits per heavy atom.